The highest BCUT2D eigenvalue weighted by molar-refractivity contribution is 5.64. The minimum Gasteiger partial charge on any atom is -0.312 e. The van der Waals surface area contributed by atoms with Gasteiger partial charge < -0.3 is 4.98 Å². The predicted octanol–water partition coefficient (Wildman–Crippen LogP) is 1.45. The molecule has 0 atom stereocenters. The molecule has 5 heteroatoms. The van der Waals surface area contributed by atoms with Crippen LogP contribution in [-0.4, -0.2) is 9.97 Å². The topological polar surface area (TPSA) is 69.5 Å². The van der Waals surface area contributed by atoms with E-state index in [1.54, 1.807) is 12.1 Å². The minimum atomic E-state index is -0.612. The molecule has 0 saturated heterocycles. The fourth-order valence-corrected chi connectivity index (χ4v) is 1.33. The van der Waals surface area contributed by atoms with Gasteiger partial charge in [0, 0.05) is 23.5 Å². The molecule has 0 bridgehead atoms. The summed E-state index contributed by atoms with van der Waals surface area (Å²) in [6, 6.07) is 6.23. The molecule has 1 aromatic heterocycles. The van der Waals surface area contributed by atoms with E-state index in [2.05, 4.69) is 9.97 Å². The van der Waals surface area contributed by atoms with Crippen molar-refractivity contribution in [3.05, 3.63) is 52.5 Å². The Morgan fingerprint density at radius 1 is 1.44 bits per heavy atom. The zero-order valence-corrected chi connectivity index (χ0v) is 8.07. The van der Waals surface area contributed by atoms with Crippen molar-refractivity contribution >= 4 is 0 Å². The van der Waals surface area contributed by atoms with E-state index in [9.17, 15) is 9.18 Å². The average molecular weight is 215 g/mol. The van der Waals surface area contributed by atoms with Crippen molar-refractivity contribution in [3.8, 4) is 17.2 Å². The van der Waals surface area contributed by atoms with Crippen molar-refractivity contribution in [1.29, 1.82) is 5.26 Å². The fraction of sp³-hybridized carbons (Fsp3) is 0. The largest absolute Gasteiger partial charge is 0.344 e. The van der Waals surface area contributed by atoms with Gasteiger partial charge in [-0.3, -0.25) is 0 Å². The van der Waals surface area contributed by atoms with E-state index in [-0.39, 0.29) is 11.1 Å². The summed E-state index contributed by atoms with van der Waals surface area (Å²) in [6.45, 7) is 0. The van der Waals surface area contributed by atoms with Gasteiger partial charge >= 0.3 is 5.69 Å². The number of hydrogen-bond acceptors (Lipinski definition) is 3. The van der Waals surface area contributed by atoms with Gasteiger partial charge in [-0.15, -0.1) is 0 Å². The van der Waals surface area contributed by atoms with Gasteiger partial charge in [0.2, 0.25) is 0 Å². The van der Waals surface area contributed by atoms with Crippen LogP contribution in [0.4, 0.5) is 4.39 Å². The molecule has 2 aromatic rings. The number of nitrogens with zero attached hydrogens (tertiary/aromatic N) is 2. The molecular weight excluding hydrogens is 209 g/mol. The van der Waals surface area contributed by atoms with Gasteiger partial charge in [-0.2, -0.15) is 5.26 Å². The van der Waals surface area contributed by atoms with E-state index in [1.807, 2.05) is 0 Å². The van der Waals surface area contributed by atoms with Gasteiger partial charge in [0.15, 0.2) is 0 Å². The zero-order valence-electron chi connectivity index (χ0n) is 8.07. The lowest BCUT2D eigenvalue weighted by molar-refractivity contribution is 0.627. The van der Waals surface area contributed by atoms with Crippen molar-refractivity contribution in [3.63, 3.8) is 0 Å². The highest BCUT2D eigenvalue weighted by atomic mass is 19.1. The summed E-state index contributed by atoms with van der Waals surface area (Å²) >= 11 is 0. The first kappa shape index (κ1) is 10.1. The quantitative estimate of drug-likeness (QED) is 0.782. The van der Waals surface area contributed by atoms with Crippen LogP contribution in [0.2, 0.25) is 0 Å². The van der Waals surface area contributed by atoms with Crippen molar-refractivity contribution in [1.82, 2.24) is 9.97 Å². The van der Waals surface area contributed by atoms with Crippen molar-refractivity contribution in [2.75, 3.05) is 0 Å². The Morgan fingerprint density at radius 2 is 2.25 bits per heavy atom. The first-order valence-corrected chi connectivity index (χ1v) is 4.46. The van der Waals surface area contributed by atoms with Crippen LogP contribution in [0, 0.1) is 17.1 Å². The molecule has 0 saturated carbocycles. The van der Waals surface area contributed by atoms with Gasteiger partial charge in [0.25, 0.3) is 0 Å². The molecule has 0 amide bonds. The Bertz CT molecular complexity index is 607. The highest BCUT2D eigenvalue weighted by Crippen LogP contribution is 2.22. The fourth-order valence-electron chi connectivity index (χ4n) is 1.33. The molecular formula is C11H6FN3O. The molecule has 4 nitrogen and oxygen atoms in total. The van der Waals surface area contributed by atoms with Crippen LogP contribution in [0.3, 0.4) is 0 Å². The summed E-state index contributed by atoms with van der Waals surface area (Å²) in [6.07, 6.45) is 2.62. The molecule has 78 valence electrons. The van der Waals surface area contributed by atoms with Gasteiger partial charge in [-0.25, -0.2) is 14.2 Å². The molecule has 16 heavy (non-hydrogen) atoms. The van der Waals surface area contributed by atoms with Crippen LogP contribution in [-0.2, 0) is 0 Å². The van der Waals surface area contributed by atoms with Gasteiger partial charge in [-0.05, 0) is 6.07 Å². The maximum atomic E-state index is 13.7. The highest BCUT2D eigenvalue weighted by Gasteiger charge is 2.09. The molecule has 0 radical (unpaired) electrons. The number of aromatic nitrogens is 2. The van der Waals surface area contributed by atoms with E-state index in [1.165, 1.54) is 24.5 Å². The minimum absolute atomic E-state index is 0.0382. The van der Waals surface area contributed by atoms with E-state index in [0.29, 0.717) is 5.56 Å². The monoisotopic (exact) mass is 215 g/mol. The Labute approximate surface area is 90.0 Å². The van der Waals surface area contributed by atoms with Gasteiger partial charge in [0.1, 0.15) is 11.9 Å². The summed E-state index contributed by atoms with van der Waals surface area (Å²) in [7, 11) is 0. The third-order valence-electron chi connectivity index (χ3n) is 2.10. The summed E-state index contributed by atoms with van der Waals surface area (Å²) < 4.78 is 13.7. The number of H-pyrrole nitrogens is 1. The van der Waals surface area contributed by atoms with E-state index >= 15 is 0 Å². The molecule has 0 aliphatic carbocycles. The van der Waals surface area contributed by atoms with E-state index in [0.717, 1.165) is 0 Å². The Hall–Kier alpha value is -2.48. The number of aromatic amines is 1. The molecule has 0 fully saturated rings. The summed E-state index contributed by atoms with van der Waals surface area (Å²) in [5, 5.41) is 8.67. The number of rotatable bonds is 1. The summed E-state index contributed by atoms with van der Waals surface area (Å²) in [5.41, 5.74) is 0.126. The third-order valence-corrected chi connectivity index (χ3v) is 2.10. The molecule has 1 aromatic carbocycles. The Morgan fingerprint density at radius 3 is 2.88 bits per heavy atom. The van der Waals surface area contributed by atoms with Crippen LogP contribution >= 0.6 is 0 Å². The third kappa shape index (κ3) is 1.68. The second-order valence-corrected chi connectivity index (χ2v) is 3.09. The summed E-state index contributed by atoms with van der Waals surface area (Å²) in [4.78, 5) is 16.6. The SMILES string of the molecule is N#Cc1cccc(-c2cnc(=O)[nH]c2)c1F. The van der Waals surface area contributed by atoms with Crippen LogP contribution in [0.15, 0.2) is 35.4 Å². The van der Waals surface area contributed by atoms with Crippen molar-refractivity contribution in [2.45, 2.75) is 0 Å². The smallest absolute Gasteiger partial charge is 0.312 e. The lowest BCUT2D eigenvalue weighted by Gasteiger charge is -2.02. The first-order valence-electron chi connectivity index (χ1n) is 4.46. The molecule has 0 unspecified atom stereocenters. The van der Waals surface area contributed by atoms with Crippen LogP contribution < -0.4 is 5.69 Å². The maximum absolute atomic E-state index is 13.7. The Balaban J connectivity index is 2.61. The molecule has 0 aliphatic rings. The van der Waals surface area contributed by atoms with E-state index in [4.69, 9.17) is 5.26 Å². The second kappa shape index (κ2) is 3.95. The van der Waals surface area contributed by atoms with Gasteiger partial charge in [0.05, 0.1) is 5.56 Å². The average Bonchev–Trinajstić information content (AvgIpc) is 2.31. The standard InChI is InChI=1S/C11H6FN3O/c12-10-7(4-13)2-1-3-9(10)8-5-14-11(16)15-6-8/h1-3,5-6H,(H,14,15,16). The first-order chi connectivity index (χ1) is 7.72. The number of nitrogens with one attached hydrogen (secondary N) is 1. The maximum Gasteiger partial charge on any atom is 0.344 e. The van der Waals surface area contributed by atoms with Gasteiger partial charge in [-0.1, -0.05) is 12.1 Å². The molecule has 2 rings (SSSR count). The normalized spacial score (nSPS) is 9.75. The lowest BCUT2D eigenvalue weighted by Crippen LogP contribution is -2.08. The zero-order chi connectivity index (χ0) is 11.5. The Kier molecular flexibility index (Phi) is 2.48. The lowest BCUT2D eigenvalue weighted by atomic mass is 10.1. The molecule has 0 spiro atoms. The van der Waals surface area contributed by atoms with E-state index < -0.39 is 11.5 Å². The van der Waals surface area contributed by atoms with Crippen molar-refractivity contribution < 1.29 is 4.39 Å². The van der Waals surface area contributed by atoms with Crippen LogP contribution in [0.1, 0.15) is 5.56 Å². The number of nitriles is 1. The molecule has 1 N–H and O–H groups in total. The molecule has 1 heterocycles. The second-order valence-electron chi connectivity index (χ2n) is 3.09. The molecule has 0 aliphatic heterocycles. The predicted molar refractivity (Wildman–Crippen MR) is 55.0 cm³/mol. The summed E-state index contributed by atoms with van der Waals surface area (Å²) in [5.74, 6) is -0.612. The van der Waals surface area contributed by atoms with Crippen molar-refractivity contribution in [2.24, 2.45) is 0 Å². The number of benzene rings is 1. The number of hydrogen-bond donors (Lipinski definition) is 1. The van der Waals surface area contributed by atoms with Crippen LogP contribution in [0.25, 0.3) is 11.1 Å². The number of halogens is 1. The van der Waals surface area contributed by atoms with Crippen LogP contribution in [0.5, 0.6) is 0 Å².